The first-order valence-corrected chi connectivity index (χ1v) is 9.70. The molecule has 1 heterocycles. The number of carbonyl (C=O) groups excluding carboxylic acids is 1. The smallest absolute Gasteiger partial charge is 0.144 e. The van der Waals surface area contributed by atoms with Gasteiger partial charge in [0, 0.05) is 45.3 Å². The lowest BCUT2D eigenvalue weighted by Crippen LogP contribution is -2.43. The molecule has 0 amide bonds. The number of nitrogens with zero attached hydrogens (tertiary/aromatic N) is 2. The number of carbonyl (C=O) groups is 1. The fourth-order valence-corrected chi connectivity index (χ4v) is 3.26. The van der Waals surface area contributed by atoms with Gasteiger partial charge in [0.25, 0.3) is 0 Å². The Morgan fingerprint density at radius 3 is 2.18 bits per heavy atom. The molecule has 148 valence electrons. The summed E-state index contributed by atoms with van der Waals surface area (Å²) in [6.45, 7) is 5.51. The van der Waals surface area contributed by atoms with E-state index in [0.29, 0.717) is 6.61 Å². The summed E-state index contributed by atoms with van der Waals surface area (Å²) < 4.78 is 11.1. The number of aldehydes is 1. The van der Waals surface area contributed by atoms with Crippen LogP contribution in [0.2, 0.25) is 0 Å². The Labute approximate surface area is 167 Å². The number of benzene rings is 2. The molecule has 0 N–H and O–H groups in total. The molecule has 0 unspecified atom stereocenters. The van der Waals surface area contributed by atoms with E-state index in [4.69, 9.17) is 9.47 Å². The molecule has 1 aliphatic rings. The number of ether oxygens (including phenoxy) is 2. The molecule has 0 atom stereocenters. The third-order valence-corrected chi connectivity index (χ3v) is 4.93. The van der Waals surface area contributed by atoms with Gasteiger partial charge < -0.3 is 14.4 Å². The van der Waals surface area contributed by atoms with Gasteiger partial charge in [0.15, 0.2) is 0 Å². The SMILES string of the molecule is COc1ccc(CCOc2ccc(CN3CCN(C=CC=O)CC3)cc2)cc1. The molecule has 2 aromatic carbocycles. The van der Waals surface area contributed by atoms with Gasteiger partial charge >= 0.3 is 0 Å². The number of methoxy groups -OCH3 is 1. The molecule has 5 heteroatoms. The first kappa shape index (κ1) is 20.0. The molecular formula is C23H28N2O3. The van der Waals surface area contributed by atoms with Crippen molar-refractivity contribution >= 4 is 6.29 Å². The summed E-state index contributed by atoms with van der Waals surface area (Å²) >= 11 is 0. The van der Waals surface area contributed by atoms with Crippen molar-refractivity contribution in [3.05, 3.63) is 71.9 Å². The zero-order valence-electron chi connectivity index (χ0n) is 16.4. The predicted molar refractivity (Wildman–Crippen MR) is 111 cm³/mol. The average molecular weight is 380 g/mol. The van der Waals surface area contributed by atoms with Gasteiger partial charge in [-0.25, -0.2) is 0 Å². The average Bonchev–Trinajstić information content (AvgIpc) is 2.75. The summed E-state index contributed by atoms with van der Waals surface area (Å²) in [5, 5.41) is 0. The number of hydrogen-bond donors (Lipinski definition) is 0. The zero-order valence-corrected chi connectivity index (χ0v) is 16.4. The van der Waals surface area contributed by atoms with Crippen molar-refractivity contribution in [1.82, 2.24) is 9.80 Å². The van der Waals surface area contributed by atoms with Gasteiger partial charge in [-0.05, 0) is 41.5 Å². The van der Waals surface area contributed by atoms with E-state index in [1.807, 2.05) is 30.5 Å². The maximum atomic E-state index is 10.4. The quantitative estimate of drug-likeness (QED) is 0.494. The van der Waals surface area contributed by atoms with E-state index in [0.717, 1.165) is 56.9 Å². The van der Waals surface area contributed by atoms with Gasteiger partial charge in [0.1, 0.15) is 17.8 Å². The van der Waals surface area contributed by atoms with Crippen molar-refractivity contribution < 1.29 is 14.3 Å². The molecule has 0 aromatic heterocycles. The highest BCUT2D eigenvalue weighted by Gasteiger charge is 2.14. The van der Waals surface area contributed by atoms with Crippen LogP contribution in [0.25, 0.3) is 0 Å². The van der Waals surface area contributed by atoms with Gasteiger partial charge in [-0.15, -0.1) is 0 Å². The summed E-state index contributed by atoms with van der Waals surface area (Å²) in [5.41, 5.74) is 2.53. The summed E-state index contributed by atoms with van der Waals surface area (Å²) in [5.74, 6) is 1.78. The maximum Gasteiger partial charge on any atom is 0.144 e. The molecule has 5 nitrogen and oxygen atoms in total. The van der Waals surface area contributed by atoms with Crippen LogP contribution in [0.1, 0.15) is 11.1 Å². The van der Waals surface area contributed by atoms with Crippen LogP contribution in [-0.2, 0) is 17.8 Å². The van der Waals surface area contributed by atoms with E-state index in [2.05, 4.69) is 34.1 Å². The molecule has 1 saturated heterocycles. The Kier molecular flexibility index (Phi) is 7.50. The lowest BCUT2D eigenvalue weighted by molar-refractivity contribution is -0.104. The van der Waals surface area contributed by atoms with Crippen molar-refractivity contribution in [1.29, 1.82) is 0 Å². The summed E-state index contributed by atoms with van der Waals surface area (Å²) in [4.78, 5) is 15.0. The zero-order chi connectivity index (χ0) is 19.6. The Morgan fingerprint density at radius 2 is 1.54 bits per heavy atom. The second-order valence-corrected chi connectivity index (χ2v) is 6.88. The Hall–Kier alpha value is -2.79. The van der Waals surface area contributed by atoms with Crippen LogP contribution < -0.4 is 9.47 Å². The van der Waals surface area contributed by atoms with Crippen LogP contribution in [0, 0.1) is 0 Å². The van der Waals surface area contributed by atoms with Crippen molar-refractivity contribution in [2.24, 2.45) is 0 Å². The third kappa shape index (κ3) is 6.13. The van der Waals surface area contributed by atoms with E-state index in [1.54, 1.807) is 13.2 Å². The monoisotopic (exact) mass is 380 g/mol. The number of rotatable bonds is 9. The van der Waals surface area contributed by atoms with Gasteiger partial charge in [0.2, 0.25) is 0 Å². The fourth-order valence-electron chi connectivity index (χ4n) is 3.26. The molecule has 0 saturated carbocycles. The number of allylic oxidation sites excluding steroid dienone is 1. The molecule has 0 bridgehead atoms. The van der Waals surface area contributed by atoms with Crippen LogP contribution in [0.3, 0.4) is 0 Å². The fraction of sp³-hybridized carbons (Fsp3) is 0.348. The number of hydrogen-bond acceptors (Lipinski definition) is 5. The first-order chi connectivity index (χ1) is 13.8. The Bertz CT molecular complexity index is 748. The highest BCUT2D eigenvalue weighted by molar-refractivity contribution is 5.64. The van der Waals surface area contributed by atoms with Gasteiger partial charge in [0.05, 0.1) is 13.7 Å². The van der Waals surface area contributed by atoms with Crippen LogP contribution in [-0.4, -0.2) is 56.0 Å². The molecule has 2 aromatic rings. The van der Waals surface area contributed by atoms with E-state index in [1.165, 1.54) is 11.1 Å². The molecule has 28 heavy (non-hydrogen) atoms. The van der Waals surface area contributed by atoms with E-state index >= 15 is 0 Å². The second-order valence-electron chi connectivity index (χ2n) is 6.88. The largest absolute Gasteiger partial charge is 0.497 e. The highest BCUT2D eigenvalue weighted by Crippen LogP contribution is 2.16. The summed E-state index contributed by atoms with van der Waals surface area (Å²) in [6.07, 6.45) is 5.13. The van der Waals surface area contributed by atoms with Crippen LogP contribution in [0.5, 0.6) is 11.5 Å². The lowest BCUT2D eigenvalue weighted by Gasteiger charge is -2.34. The Morgan fingerprint density at radius 1 is 0.893 bits per heavy atom. The molecule has 3 rings (SSSR count). The highest BCUT2D eigenvalue weighted by atomic mass is 16.5. The first-order valence-electron chi connectivity index (χ1n) is 9.70. The normalized spacial score (nSPS) is 15.0. The molecule has 0 aliphatic carbocycles. The molecule has 1 aliphatic heterocycles. The van der Waals surface area contributed by atoms with Crippen LogP contribution in [0.15, 0.2) is 60.8 Å². The van der Waals surface area contributed by atoms with E-state index in [-0.39, 0.29) is 0 Å². The van der Waals surface area contributed by atoms with Crippen molar-refractivity contribution in [2.45, 2.75) is 13.0 Å². The molecule has 0 radical (unpaired) electrons. The second kappa shape index (κ2) is 10.5. The minimum Gasteiger partial charge on any atom is -0.497 e. The topological polar surface area (TPSA) is 42.0 Å². The summed E-state index contributed by atoms with van der Waals surface area (Å²) in [7, 11) is 1.68. The van der Waals surface area contributed by atoms with E-state index in [9.17, 15) is 4.79 Å². The predicted octanol–water partition coefficient (Wildman–Crippen LogP) is 3.15. The third-order valence-electron chi connectivity index (χ3n) is 4.93. The van der Waals surface area contributed by atoms with E-state index < -0.39 is 0 Å². The minimum atomic E-state index is 0.655. The summed E-state index contributed by atoms with van der Waals surface area (Å²) in [6, 6.07) is 16.5. The Balaban J connectivity index is 1.40. The molecule has 1 fully saturated rings. The molecular weight excluding hydrogens is 352 g/mol. The van der Waals surface area contributed by atoms with Gasteiger partial charge in [-0.1, -0.05) is 24.3 Å². The standard InChI is InChI=1S/C23H28N2O3/c1-27-22-7-3-20(4-8-22)11-18-28-23-9-5-21(6-10-23)19-25-15-13-24(14-16-25)12-2-17-26/h2-10,12,17H,11,13-16,18-19H2,1H3. The maximum absolute atomic E-state index is 10.4. The lowest BCUT2D eigenvalue weighted by atomic mass is 10.1. The van der Waals surface area contributed by atoms with Gasteiger partial charge in [-0.2, -0.15) is 0 Å². The minimum absolute atomic E-state index is 0.655. The van der Waals surface area contributed by atoms with Crippen molar-refractivity contribution in [2.75, 3.05) is 39.9 Å². The van der Waals surface area contributed by atoms with Crippen LogP contribution in [0.4, 0.5) is 0 Å². The van der Waals surface area contributed by atoms with Crippen molar-refractivity contribution in [3.8, 4) is 11.5 Å². The van der Waals surface area contributed by atoms with Crippen molar-refractivity contribution in [3.63, 3.8) is 0 Å². The number of piperazine rings is 1. The molecule has 0 spiro atoms. The van der Waals surface area contributed by atoms with Crippen LogP contribution >= 0.6 is 0 Å². The van der Waals surface area contributed by atoms with Gasteiger partial charge in [-0.3, -0.25) is 9.69 Å².